The summed E-state index contributed by atoms with van der Waals surface area (Å²) in [6.07, 6.45) is 5.76. The van der Waals surface area contributed by atoms with Gasteiger partial charge in [0.2, 0.25) is 0 Å². The van der Waals surface area contributed by atoms with Crippen LogP contribution in [-0.4, -0.2) is 39.0 Å². The molecule has 4 rings (SSSR count). The molecule has 0 spiro atoms. The van der Waals surface area contributed by atoms with E-state index in [4.69, 9.17) is 9.15 Å². The van der Waals surface area contributed by atoms with Crippen molar-refractivity contribution in [3.63, 3.8) is 0 Å². The number of hydrogen-bond acceptors (Lipinski definition) is 6. The molecule has 0 radical (unpaired) electrons. The minimum absolute atomic E-state index is 0.0768. The maximum absolute atomic E-state index is 10.8. The lowest BCUT2D eigenvalue weighted by molar-refractivity contribution is -0.384. The third-order valence-electron chi connectivity index (χ3n) is 4.96. The highest BCUT2D eigenvalue weighted by Gasteiger charge is 2.21. The molecule has 1 N–H and O–H groups in total. The van der Waals surface area contributed by atoms with Gasteiger partial charge in [0, 0.05) is 37.0 Å². The number of likely N-dealkylation sites (tertiary alicyclic amines) is 1. The first-order valence-electron chi connectivity index (χ1n) is 9.32. The van der Waals surface area contributed by atoms with Gasteiger partial charge in [-0.3, -0.25) is 15.0 Å². The first-order valence-corrected chi connectivity index (χ1v) is 9.32. The number of piperidine rings is 1. The number of aromatic amines is 1. The normalized spacial score (nSPS) is 15.7. The van der Waals surface area contributed by atoms with E-state index in [-0.39, 0.29) is 11.8 Å². The number of H-pyrrole nitrogens is 1. The zero-order valence-electron chi connectivity index (χ0n) is 15.4. The van der Waals surface area contributed by atoms with Crippen molar-refractivity contribution in [2.75, 3.05) is 13.1 Å². The van der Waals surface area contributed by atoms with Gasteiger partial charge < -0.3 is 14.1 Å². The summed E-state index contributed by atoms with van der Waals surface area (Å²) in [5, 5.41) is 10.8. The van der Waals surface area contributed by atoms with Gasteiger partial charge in [-0.05, 0) is 37.1 Å². The van der Waals surface area contributed by atoms with Gasteiger partial charge in [-0.2, -0.15) is 0 Å². The van der Waals surface area contributed by atoms with E-state index in [2.05, 4.69) is 14.9 Å². The summed E-state index contributed by atoms with van der Waals surface area (Å²) in [5.74, 6) is 1.62. The van der Waals surface area contributed by atoms with E-state index in [0.29, 0.717) is 6.61 Å². The molecule has 2 aromatic heterocycles. The SMILES string of the molecule is O=[N+]([O-])c1ccc(-c2ccc(CN3CCC(OCc4c[nH]cn4)CC3)o2)cc1. The number of imidazole rings is 1. The number of nitro benzene ring substituents is 1. The van der Waals surface area contributed by atoms with Gasteiger partial charge in [0.1, 0.15) is 11.5 Å². The van der Waals surface area contributed by atoms with E-state index < -0.39 is 4.92 Å². The highest BCUT2D eigenvalue weighted by atomic mass is 16.6. The summed E-state index contributed by atoms with van der Waals surface area (Å²) in [4.78, 5) is 19.8. The number of furan rings is 1. The standard InChI is InChI=1S/C20H22N4O4/c25-24(26)17-3-1-15(2-4-17)20-6-5-19(28-20)12-23-9-7-18(8-10-23)27-13-16-11-21-14-22-16/h1-6,11,14,18H,7-10,12-13H2,(H,21,22). The van der Waals surface area contributed by atoms with Crippen LogP contribution in [0.15, 0.2) is 53.3 Å². The van der Waals surface area contributed by atoms with E-state index in [1.807, 2.05) is 18.3 Å². The van der Waals surface area contributed by atoms with Gasteiger partial charge >= 0.3 is 0 Å². The molecule has 1 saturated heterocycles. The maximum Gasteiger partial charge on any atom is 0.269 e. The summed E-state index contributed by atoms with van der Waals surface area (Å²) in [5.41, 5.74) is 1.84. The van der Waals surface area contributed by atoms with Gasteiger partial charge in [-0.25, -0.2) is 4.98 Å². The molecule has 8 nitrogen and oxygen atoms in total. The second-order valence-corrected chi connectivity index (χ2v) is 6.92. The smallest absolute Gasteiger partial charge is 0.269 e. The summed E-state index contributed by atoms with van der Waals surface area (Å²) < 4.78 is 11.9. The minimum Gasteiger partial charge on any atom is -0.460 e. The Morgan fingerprint density at radius 2 is 2.00 bits per heavy atom. The minimum atomic E-state index is -0.403. The number of rotatable bonds is 7. The zero-order valence-corrected chi connectivity index (χ0v) is 15.4. The Hall–Kier alpha value is -2.97. The van der Waals surface area contributed by atoms with Gasteiger partial charge in [-0.15, -0.1) is 0 Å². The fourth-order valence-corrected chi connectivity index (χ4v) is 3.39. The molecule has 0 amide bonds. The summed E-state index contributed by atoms with van der Waals surface area (Å²) in [6, 6.07) is 10.3. The van der Waals surface area contributed by atoms with Crippen molar-refractivity contribution in [1.82, 2.24) is 14.9 Å². The number of benzene rings is 1. The Kier molecular flexibility index (Phi) is 5.50. The first kappa shape index (κ1) is 18.4. The highest BCUT2D eigenvalue weighted by Crippen LogP contribution is 2.26. The molecule has 3 aromatic rings. The summed E-state index contributed by atoms with van der Waals surface area (Å²) in [6.45, 7) is 3.21. The Labute approximate surface area is 162 Å². The number of nitrogens with zero attached hydrogens (tertiary/aromatic N) is 3. The monoisotopic (exact) mass is 382 g/mol. The van der Waals surface area contributed by atoms with Crippen molar-refractivity contribution < 1.29 is 14.1 Å². The molecule has 1 aliphatic rings. The van der Waals surface area contributed by atoms with Crippen LogP contribution in [0.5, 0.6) is 0 Å². The lowest BCUT2D eigenvalue weighted by atomic mass is 10.1. The molecule has 0 atom stereocenters. The molecule has 0 aliphatic carbocycles. The molecule has 0 unspecified atom stereocenters. The van der Waals surface area contributed by atoms with Crippen LogP contribution in [0.4, 0.5) is 5.69 Å². The third-order valence-corrected chi connectivity index (χ3v) is 4.96. The highest BCUT2D eigenvalue weighted by molar-refractivity contribution is 5.59. The number of nitro groups is 1. The van der Waals surface area contributed by atoms with Crippen LogP contribution in [0.1, 0.15) is 24.3 Å². The Morgan fingerprint density at radius 3 is 2.68 bits per heavy atom. The van der Waals surface area contributed by atoms with Gasteiger partial charge in [0.05, 0.1) is 36.2 Å². The summed E-state index contributed by atoms with van der Waals surface area (Å²) in [7, 11) is 0. The average molecular weight is 382 g/mol. The second kappa shape index (κ2) is 8.37. The molecule has 3 heterocycles. The predicted octanol–water partition coefficient (Wildman–Crippen LogP) is 3.76. The molecule has 1 aromatic carbocycles. The van der Waals surface area contributed by atoms with Crippen molar-refractivity contribution in [3.05, 3.63) is 70.5 Å². The van der Waals surface area contributed by atoms with Crippen LogP contribution >= 0.6 is 0 Å². The quantitative estimate of drug-likeness (QED) is 0.494. The van der Waals surface area contributed by atoms with E-state index in [1.54, 1.807) is 18.5 Å². The van der Waals surface area contributed by atoms with E-state index in [9.17, 15) is 10.1 Å². The number of hydrogen-bond donors (Lipinski definition) is 1. The topological polar surface area (TPSA) is 97.4 Å². The Morgan fingerprint density at radius 1 is 1.21 bits per heavy atom. The van der Waals surface area contributed by atoms with Gasteiger partial charge in [-0.1, -0.05) is 0 Å². The van der Waals surface area contributed by atoms with Crippen molar-refractivity contribution in [2.24, 2.45) is 0 Å². The second-order valence-electron chi connectivity index (χ2n) is 6.92. The zero-order chi connectivity index (χ0) is 19.3. The van der Waals surface area contributed by atoms with Crippen molar-refractivity contribution in [3.8, 4) is 11.3 Å². The van der Waals surface area contributed by atoms with E-state index in [1.165, 1.54) is 12.1 Å². The molecular formula is C20H22N4O4. The molecule has 8 heteroatoms. The first-order chi connectivity index (χ1) is 13.7. The van der Waals surface area contributed by atoms with Crippen LogP contribution in [0, 0.1) is 10.1 Å². The molecular weight excluding hydrogens is 360 g/mol. The molecule has 1 aliphatic heterocycles. The molecule has 0 bridgehead atoms. The largest absolute Gasteiger partial charge is 0.460 e. The van der Waals surface area contributed by atoms with Crippen molar-refractivity contribution in [1.29, 1.82) is 0 Å². The Balaban J connectivity index is 1.27. The fraction of sp³-hybridized carbons (Fsp3) is 0.350. The fourth-order valence-electron chi connectivity index (χ4n) is 3.39. The lowest BCUT2D eigenvalue weighted by Gasteiger charge is -2.31. The van der Waals surface area contributed by atoms with Crippen LogP contribution in [-0.2, 0) is 17.9 Å². The number of ether oxygens (including phenoxy) is 1. The van der Waals surface area contributed by atoms with Crippen LogP contribution in [0.25, 0.3) is 11.3 Å². The van der Waals surface area contributed by atoms with Crippen molar-refractivity contribution >= 4 is 5.69 Å². The molecule has 1 fully saturated rings. The number of nitrogens with one attached hydrogen (secondary N) is 1. The van der Waals surface area contributed by atoms with Gasteiger partial charge in [0.25, 0.3) is 5.69 Å². The lowest BCUT2D eigenvalue weighted by Crippen LogP contribution is -2.36. The molecule has 146 valence electrons. The van der Waals surface area contributed by atoms with Crippen LogP contribution < -0.4 is 0 Å². The van der Waals surface area contributed by atoms with Gasteiger partial charge in [0.15, 0.2) is 0 Å². The molecule has 0 saturated carbocycles. The molecule has 28 heavy (non-hydrogen) atoms. The van der Waals surface area contributed by atoms with Crippen molar-refractivity contribution in [2.45, 2.75) is 32.1 Å². The van der Waals surface area contributed by atoms with E-state index >= 15 is 0 Å². The predicted molar refractivity (Wildman–Crippen MR) is 102 cm³/mol. The van der Waals surface area contributed by atoms with Crippen LogP contribution in [0.3, 0.4) is 0 Å². The van der Waals surface area contributed by atoms with E-state index in [0.717, 1.165) is 55.3 Å². The number of non-ortho nitro benzene ring substituents is 1. The third kappa shape index (κ3) is 4.47. The Bertz CT molecular complexity index is 897. The number of aromatic nitrogens is 2. The maximum atomic E-state index is 10.8. The van der Waals surface area contributed by atoms with Crippen LogP contribution in [0.2, 0.25) is 0 Å². The summed E-state index contributed by atoms with van der Waals surface area (Å²) >= 11 is 0. The average Bonchev–Trinajstić information content (AvgIpc) is 3.40.